The third kappa shape index (κ3) is 3.31. The second-order valence-corrected chi connectivity index (χ2v) is 7.46. The van der Waals surface area contributed by atoms with Gasteiger partial charge in [0.05, 0.1) is 18.7 Å². The van der Waals surface area contributed by atoms with E-state index in [0.717, 1.165) is 50.2 Å². The molecule has 1 saturated carbocycles. The van der Waals surface area contributed by atoms with Crippen LogP contribution in [-0.4, -0.2) is 30.0 Å². The highest BCUT2D eigenvalue weighted by molar-refractivity contribution is 5.96. The molecule has 2 aliphatic rings. The van der Waals surface area contributed by atoms with Crippen LogP contribution in [0.5, 0.6) is 0 Å². The number of anilines is 1. The molecule has 1 aliphatic heterocycles. The summed E-state index contributed by atoms with van der Waals surface area (Å²) in [5.74, 6) is 0.631. The molecule has 5 rings (SSSR count). The average Bonchev–Trinajstić information content (AvgIpc) is 3.18. The van der Waals surface area contributed by atoms with E-state index in [9.17, 15) is 0 Å². The predicted molar refractivity (Wildman–Crippen MR) is 108 cm³/mol. The van der Waals surface area contributed by atoms with Gasteiger partial charge in [-0.2, -0.15) is 0 Å². The van der Waals surface area contributed by atoms with Crippen LogP contribution >= 0.6 is 0 Å². The maximum Gasteiger partial charge on any atom is 0.168 e. The van der Waals surface area contributed by atoms with Gasteiger partial charge in [0, 0.05) is 24.3 Å². The van der Waals surface area contributed by atoms with Crippen LogP contribution in [0.1, 0.15) is 25.7 Å². The van der Waals surface area contributed by atoms with Crippen LogP contribution < -0.4 is 5.32 Å². The molecule has 3 aromatic rings. The van der Waals surface area contributed by atoms with E-state index in [1.54, 1.807) is 0 Å². The van der Waals surface area contributed by atoms with E-state index >= 15 is 0 Å². The molecule has 2 aromatic carbocycles. The smallest absolute Gasteiger partial charge is 0.168 e. The van der Waals surface area contributed by atoms with Gasteiger partial charge in [-0.3, -0.25) is 0 Å². The van der Waals surface area contributed by atoms with Crippen molar-refractivity contribution in [3.63, 3.8) is 0 Å². The van der Waals surface area contributed by atoms with Gasteiger partial charge in [-0.05, 0) is 36.1 Å². The number of nitrogens with zero attached hydrogens (tertiary/aromatic N) is 1. The molecule has 0 unspecified atom stereocenters. The zero-order valence-electron chi connectivity index (χ0n) is 15.4. The zero-order chi connectivity index (χ0) is 18.1. The largest absolute Gasteiger partial charge is 0.367 e. The minimum atomic E-state index is -0.315. The maximum absolute atomic E-state index is 5.85. The van der Waals surface area contributed by atoms with Crippen molar-refractivity contribution in [3.8, 4) is 11.1 Å². The van der Waals surface area contributed by atoms with Crippen molar-refractivity contribution in [2.75, 3.05) is 18.5 Å². The van der Waals surface area contributed by atoms with Crippen molar-refractivity contribution < 1.29 is 9.47 Å². The molecule has 0 amide bonds. The van der Waals surface area contributed by atoms with Crippen LogP contribution in [0.4, 0.5) is 5.82 Å². The third-order valence-electron chi connectivity index (χ3n) is 5.71. The van der Waals surface area contributed by atoms with Crippen LogP contribution in [-0.2, 0) is 9.47 Å². The number of pyridine rings is 1. The molecule has 0 radical (unpaired) electrons. The molecule has 2 heterocycles. The number of nitrogens with one attached hydrogen (secondary N) is 1. The fraction of sp³-hybridized carbons (Fsp3) is 0.348. The van der Waals surface area contributed by atoms with E-state index in [1.165, 1.54) is 16.5 Å². The van der Waals surface area contributed by atoms with Crippen molar-refractivity contribution >= 4 is 16.7 Å². The van der Waals surface area contributed by atoms with Gasteiger partial charge in [-0.25, -0.2) is 4.98 Å². The molecule has 0 atom stereocenters. The van der Waals surface area contributed by atoms with Gasteiger partial charge in [0.1, 0.15) is 5.82 Å². The number of fused-ring (bicyclic) bond motifs is 1. The summed E-state index contributed by atoms with van der Waals surface area (Å²) in [6.45, 7) is 1.45. The lowest BCUT2D eigenvalue weighted by Gasteiger charge is -2.35. The molecule has 1 aliphatic carbocycles. The van der Waals surface area contributed by atoms with Crippen LogP contribution in [0.2, 0.25) is 0 Å². The number of para-hydroxylation sites is 1. The SMILES string of the molecule is c1ccc(-c2cc(NC3CCC4(CC3)OCCO4)nc3ccccc23)cc1. The highest BCUT2D eigenvalue weighted by Gasteiger charge is 2.40. The average molecular weight is 360 g/mol. The Kier molecular flexibility index (Phi) is 4.30. The fourth-order valence-electron chi connectivity index (χ4n) is 4.30. The van der Waals surface area contributed by atoms with E-state index in [4.69, 9.17) is 14.5 Å². The van der Waals surface area contributed by atoms with E-state index < -0.39 is 0 Å². The van der Waals surface area contributed by atoms with Crippen molar-refractivity contribution in [2.45, 2.75) is 37.5 Å². The van der Waals surface area contributed by atoms with E-state index in [1.807, 2.05) is 6.07 Å². The van der Waals surface area contributed by atoms with Crippen LogP contribution in [0.15, 0.2) is 60.7 Å². The Balaban J connectivity index is 1.42. The topological polar surface area (TPSA) is 43.4 Å². The van der Waals surface area contributed by atoms with E-state index in [2.05, 4.69) is 59.9 Å². The summed E-state index contributed by atoms with van der Waals surface area (Å²) in [5, 5.41) is 4.85. The molecular formula is C23H24N2O2. The molecule has 0 bridgehead atoms. The first-order valence-corrected chi connectivity index (χ1v) is 9.81. The second-order valence-electron chi connectivity index (χ2n) is 7.46. The molecule has 1 aromatic heterocycles. The van der Waals surface area contributed by atoms with Gasteiger partial charge < -0.3 is 14.8 Å². The Morgan fingerprint density at radius 1 is 0.889 bits per heavy atom. The normalized spacial score (nSPS) is 19.6. The van der Waals surface area contributed by atoms with E-state index in [0.29, 0.717) is 6.04 Å². The number of aromatic nitrogens is 1. The van der Waals surface area contributed by atoms with Crippen molar-refractivity contribution in [1.82, 2.24) is 4.98 Å². The molecular weight excluding hydrogens is 336 g/mol. The van der Waals surface area contributed by atoms with Gasteiger partial charge in [-0.15, -0.1) is 0 Å². The molecule has 27 heavy (non-hydrogen) atoms. The molecule has 138 valence electrons. The zero-order valence-corrected chi connectivity index (χ0v) is 15.4. The Morgan fingerprint density at radius 2 is 1.59 bits per heavy atom. The summed E-state index contributed by atoms with van der Waals surface area (Å²) in [6.07, 6.45) is 3.97. The molecule has 4 heteroatoms. The monoisotopic (exact) mass is 360 g/mol. The molecule has 1 saturated heterocycles. The first kappa shape index (κ1) is 16.7. The minimum absolute atomic E-state index is 0.315. The summed E-state index contributed by atoms with van der Waals surface area (Å²) < 4.78 is 11.7. The first-order valence-electron chi connectivity index (χ1n) is 9.81. The fourth-order valence-corrected chi connectivity index (χ4v) is 4.30. The standard InChI is InChI=1S/C23H24N2O2/c1-2-6-17(7-3-1)20-16-22(25-21-9-5-4-8-19(20)21)24-18-10-12-23(13-11-18)26-14-15-27-23/h1-9,16,18H,10-15H2,(H,24,25). The predicted octanol–water partition coefficient (Wildman–Crippen LogP) is 5.00. The second kappa shape index (κ2) is 6.95. The number of hydrogen-bond donors (Lipinski definition) is 1. The third-order valence-corrected chi connectivity index (χ3v) is 5.71. The Labute approximate surface area is 159 Å². The number of hydrogen-bond acceptors (Lipinski definition) is 4. The highest BCUT2D eigenvalue weighted by atomic mass is 16.7. The van der Waals surface area contributed by atoms with Gasteiger partial charge in [0.25, 0.3) is 0 Å². The summed E-state index contributed by atoms with van der Waals surface area (Å²) in [5.41, 5.74) is 3.46. The molecule has 2 fully saturated rings. The van der Waals surface area contributed by atoms with Crippen molar-refractivity contribution in [2.24, 2.45) is 0 Å². The van der Waals surface area contributed by atoms with Gasteiger partial charge in [-0.1, -0.05) is 48.5 Å². The Bertz CT molecular complexity index is 926. The van der Waals surface area contributed by atoms with Crippen LogP contribution in [0.3, 0.4) is 0 Å². The lowest BCUT2D eigenvalue weighted by atomic mass is 9.90. The Hall–Kier alpha value is -2.43. The Morgan fingerprint density at radius 3 is 2.37 bits per heavy atom. The minimum Gasteiger partial charge on any atom is -0.367 e. The van der Waals surface area contributed by atoms with Gasteiger partial charge in [0.15, 0.2) is 5.79 Å². The number of ether oxygens (including phenoxy) is 2. The lowest BCUT2D eigenvalue weighted by molar-refractivity contribution is -0.177. The van der Waals surface area contributed by atoms with E-state index in [-0.39, 0.29) is 5.79 Å². The van der Waals surface area contributed by atoms with Crippen LogP contribution in [0, 0.1) is 0 Å². The summed E-state index contributed by atoms with van der Waals surface area (Å²) in [7, 11) is 0. The molecule has 1 N–H and O–H groups in total. The van der Waals surface area contributed by atoms with Gasteiger partial charge >= 0.3 is 0 Å². The lowest BCUT2D eigenvalue weighted by Crippen LogP contribution is -2.39. The number of rotatable bonds is 3. The quantitative estimate of drug-likeness (QED) is 0.714. The number of benzene rings is 2. The summed E-state index contributed by atoms with van der Waals surface area (Å²) in [4.78, 5) is 4.87. The molecule has 1 spiro atoms. The van der Waals surface area contributed by atoms with Crippen molar-refractivity contribution in [3.05, 3.63) is 60.7 Å². The summed E-state index contributed by atoms with van der Waals surface area (Å²) >= 11 is 0. The summed E-state index contributed by atoms with van der Waals surface area (Å²) in [6, 6.07) is 21.5. The van der Waals surface area contributed by atoms with Crippen LogP contribution in [0.25, 0.3) is 22.0 Å². The van der Waals surface area contributed by atoms with Crippen molar-refractivity contribution in [1.29, 1.82) is 0 Å². The first-order chi connectivity index (χ1) is 13.3. The van der Waals surface area contributed by atoms with Gasteiger partial charge in [0.2, 0.25) is 0 Å². The molecule has 4 nitrogen and oxygen atoms in total. The maximum atomic E-state index is 5.85. The highest BCUT2D eigenvalue weighted by Crippen LogP contribution is 2.37.